The number of furan rings is 1. The van der Waals surface area contributed by atoms with Crippen molar-refractivity contribution in [2.75, 3.05) is 0 Å². The van der Waals surface area contributed by atoms with E-state index in [0.717, 1.165) is 28.9 Å². The molecule has 0 saturated heterocycles. The number of nitrogens with one attached hydrogen (secondary N) is 1. The van der Waals surface area contributed by atoms with Crippen LogP contribution in [0, 0.1) is 13.8 Å². The second-order valence-corrected chi connectivity index (χ2v) is 5.55. The minimum Gasteiger partial charge on any atom is -0.466 e. The van der Waals surface area contributed by atoms with Gasteiger partial charge in [0.2, 0.25) is 0 Å². The van der Waals surface area contributed by atoms with E-state index in [0.29, 0.717) is 0 Å². The van der Waals surface area contributed by atoms with Gasteiger partial charge in [-0.2, -0.15) is 0 Å². The summed E-state index contributed by atoms with van der Waals surface area (Å²) >= 11 is 7.47. The fraction of sp³-hybridized carbons (Fsp3) is 0.333. The summed E-state index contributed by atoms with van der Waals surface area (Å²) in [5, 5.41) is 3.38. The Kier molecular flexibility index (Phi) is 3.69. The third-order valence-corrected chi connectivity index (χ3v) is 3.62. The highest BCUT2D eigenvalue weighted by Crippen LogP contribution is 2.21. The Balaban J connectivity index is 1.86. The minimum absolute atomic E-state index is 0.832. The van der Waals surface area contributed by atoms with E-state index in [2.05, 4.69) is 11.4 Å². The van der Waals surface area contributed by atoms with Crippen molar-refractivity contribution in [2.45, 2.75) is 26.9 Å². The predicted molar refractivity (Wildman–Crippen MR) is 68.1 cm³/mol. The molecule has 0 bridgehead atoms. The van der Waals surface area contributed by atoms with Crippen LogP contribution in [0.1, 0.15) is 22.0 Å². The van der Waals surface area contributed by atoms with E-state index < -0.39 is 0 Å². The Morgan fingerprint density at radius 2 is 2.12 bits per heavy atom. The van der Waals surface area contributed by atoms with E-state index in [1.165, 1.54) is 10.4 Å². The van der Waals surface area contributed by atoms with Crippen LogP contribution in [-0.4, -0.2) is 0 Å². The fourth-order valence-corrected chi connectivity index (χ4v) is 2.68. The molecule has 2 nitrogen and oxygen atoms in total. The van der Waals surface area contributed by atoms with Crippen LogP contribution in [0.4, 0.5) is 0 Å². The van der Waals surface area contributed by atoms with E-state index in [1.54, 1.807) is 11.3 Å². The average Bonchev–Trinajstić information content (AvgIpc) is 2.74. The first-order chi connectivity index (χ1) is 7.65. The van der Waals surface area contributed by atoms with Crippen molar-refractivity contribution < 1.29 is 4.42 Å². The number of hydrogen-bond acceptors (Lipinski definition) is 3. The summed E-state index contributed by atoms with van der Waals surface area (Å²) in [5.74, 6) is 1.96. The molecule has 2 rings (SSSR count). The number of rotatable bonds is 4. The molecular weight excluding hydrogens is 242 g/mol. The average molecular weight is 256 g/mol. The molecule has 2 heterocycles. The van der Waals surface area contributed by atoms with Crippen molar-refractivity contribution in [3.05, 3.63) is 44.5 Å². The lowest BCUT2D eigenvalue weighted by atomic mass is 10.2. The molecule has 0 atom stereocenters. The molecule has 0 amide bonds. The largest absolute Gasteiger partial charge is 0.466 e. The first-order valence-corrected chi connectivity index (χ1v) is 6.35. The summed E-state index contributed by atoms with van der Waals surface area (Å²) in [6.07, 6.45) is 0. The maximum absolute atomic E-state index is 5.86. The Labute approximate surface area is 104 Å². The molecule has 4 heteroatoms. The quantitative estimate of drug-likeness (QED) is 0.896. The lowest BCUT2D eigenvalue weighted by molar-refractivity contribution is 0.499. The van der Waals surface area contributed by atoms with Gasteiger partial charge in [-0.05, 0) is 32.0 Å². The molecule has 0 aliphatic heterocycles. The summed E-state index contributed by atoms with van der Waals surface area (Å²) in [6, 6.07) is 6.05. The zero-order valence-corrected chi connectivity index (χ0v) is 10.9. The molecule has 2 aromatic heterocycles. The first kappa shape index (κ1) is 11.7. The number of aryl methyl sites for hydroxylation is 2. The van der Waals surface area contributed by atoms with Crippen molar-refractivity contribution in [2.24, 2.45) is 0 Å². The Bertz CT molecular complexity index is 475. The third kappa shape index (κ3) is 2.88. The van der Waals surface area contributed by atoms with Crippen LogP contribution >= 0.6 is 22.9 Å². The molecule has 0 unspecified atom stereocenters. The molecular formula is C12H14ClNOS. The third-order valence-electron chi connectivity index (χ3n) is 2.39. The first-order valence-electron chi connectivity index (χ1n) is 5.16. The van der Waals surface area contributed by atoms with Gasteiger partial charge in [-0.3, -0.25) is 0 Å². The lowest BCUT2D eigenvalue weighted by Gasteiger charge is -2.01. The van der Waals surface area contributed by atoms with Crippen LogP contribution in [0.5, 0.6) is 0 Å². The molecule has 0 radical (unpaired) electrons. The molecule has 0 spiro atoms. The van der Waals surface area contributed by atoms with Crippen LogP contribution in [-0.2, 0) is 13.1 Å². The molecule has 86 valence electrons. The van der Waals surface area contributed by atoms with E-state index >= 15 is 0 Å². The standard InChI is InChI=1S/C12H14ClNOS/c1-8-5-10(9(2)15-8)6-14-7-11-3-4-12(13)16-11/h3-5,14H,6-7H2,1-2H3. The van der Waals surface area contributed by atoms with Crippen molar-refractivity contribution >= 4 is 22.9 Å². The van der Waals surface area contributed by atoms with Gasteiger partial charge in [0.05, 0.1) is 4.34 Å². The smallest absolute Gasteiger partial charge is 0.105 e. The van der Waals surface area contributed by atoms with Crippen molar-refractivity contribution in [3.63, 3.8) is 0 Å². The van der Waals surface area contributed by atoms with Gasteiger partial charge >= 0.3 is 0 Å². The van der Waals surface area contributed by atoms with E-state index in [-0.39, 0.29) is 0 Å². The lowest BCUT2D eigenvalue weighted by Crippen LogP contribution is -2.11. The Morgan fingerprint density at radius 1 is 1.31 bits per heavy atom. The van der Waals surface area contributed by atoms with Crippen LogP contribution < -0.4 is 5.32 Å². The summed E-state index contributed by atoms with van der Waals surface area (Å²) in [4.78, 5) is 1.25. The van der Waals surface area contributed by atoms with E-state index in [4.69, 9.17) is 16.0 Å². The molecule has 0 saturated carbocycles. The molecule has 1 N–H and O–H groups in total. The second-order valence-electron chi connectivity index (χ2n) is 3.75. The number of halogens is 1. The summed E-state index contributed by atoms with van der Waals surface area (Å²) in [6.45, 7) is 5.64. The van der Waals surface area contributed by atoms with Crippen molar-refractivity contribution in [3.8, 4) is 0 Å². The molecule has 0 aromatic carbocycles. The van der Waals surface area contributed by atoms with Gasteiger partial charge in [0.25, 0.3) is 0 Å². The second kappa shape index (κ2) is 5.04. The molecule has 0 aliphatic rings. The number of hydrogen-bond donors (Lipinski definition) is 1. The van der Waals surface area contributed by atoms with Crippen LogP contribution in [0.15, 0.2) is 22.6 Å². The van der Waals surface area contributed by atoms with E-state index in [1.807, 2.05) is 26.0 Å². The topological polar surface area (TPSA) is 25.2 Å². The van der Waals surface area contributed by atoms with Crippen LogP contribution in [0.2, 0.25) is 4.34 Å². The predicted octanol–water partition coefficient (Wildman–Crippen LogP) is 3.90. The van der Waals surface area contributed by atoms with Gasteiger partial charge in [-0.15, -0.1) is 11.3 Å². The maximum Gasteiger partial charge on any atom is 0.105 e. The van der Waals surface area contributed by atoms with Crippen molar-refractivity contribution in [1.29, 1.82) is 0 Å². The number of thiophene rings is 1. The Morgan fingerprint density at radius 3 is 2.69 bits per heavy atom. The van der Waals surface area contributed by atoms with Gasteiger partial charge in [0.15, 0.2) is 0 Å². The molecule has 0 aliphatic carbocycles. The zero-order valence-electron chi connectivity index (χ0n) is 9.34. The molecule has 0 fully saturated rings. The van der Waals surface area contributed by atoms with Crippen LogP contribution in [0.3, 0.4) is 0 Å². The summed E-state index contributed by atoms with van der Waals surface area (Å²) in [5.41, 5.74) is 1.22. The minimum atomic E-state index is 0.832. The molecule has 16 heavy (non-hydrogen) atoms. The Hall–Kier alpha value is -0.770. The van der Waals surface area contributed by atoms with E-state index in [9.17, 15) is 0 Å². The van der Waals surface area contributed by atoms with Crippen LogP contribution in [0.25, 0.3) is 0 Å². The van der Waals surface area contributed by atoms with Gasteiger partial charge in [-0.1, -0.05) is 11.6 Å². The maximum atomic E-state index is 5.86. The van der Waals surface area contributed by atoms with Crippen molar-refractivity contribution in [1.82, 2.24) is 5.32 Å². The zero-order chi connectivity index (χ0) is 11.5. The highest BCUT2D eigenvalue weighted by atomic mass is 35.5. The fourth-order valence-electron chi connectivity index (χ4n) is 1.63. The van der Waals surface area contributed by atoms with Gasteiger partial charge < -0.3 is 9.73 Å². The normalized spacial score (nSPS) is 10.9. The summed E-state index contributed by atoms with van der Waals surface area (Å²) < 4.78 is 6.30. The monoisotopic (exact) mass is 255 g/mol. The molecule has 2 aromatic rings. The highest BCUT2D eigenvalue weighted by Gasteiger charge is 2.04. The summed E-state index contributed by atoms with van der Waals surface area (Å²) in [7, 11) is 0. The van der Waals surface area contributed by atoms with Gasteiger partial charge in [0.1, 0.15) is 11.5 Å². The highest BCUT2D eigenvalue weighted by molar-refractivity contribution is 7.16. The van der Waals surface area contributed by atoms with Gasteiger partial charge in [0, 0.05) is 23.5 Å². The van der Waals surface area contributed by atoms with Gasteiger partial charge in [-0.25, -0.2) is 0 Å². The SMILES string of the molecule is Cc1cc(CNCc2ccc(Cl)s2)c(C)o1.